The van der Waals surface area contributed by atoms with Crippen LogP contribution < -0.4 is 5.32 Å². The number of rotatable bonds is 5. The van der Waals surface area contributed by atoms with E-state index < -0.39 is 61.0 Å². The maximum Gasteiger partial charge on any atom is 0.335 e. The summed E-state index contributed by atoms with van der Waals surface area (Å²) in [7, 11) is -4.86. The SMILES string of the molecule is O=C(O)c1cc(NC(=O)c2cc(O)c(S(=O)(=O)O)cc2O)cc(C(=O)O)c1. The highest BCUT2D eigenvalue weighted by molar-refractivity contribution is 7.86. The summed E-state index contributed by atoms with van der Waals surface area (Å²) in [5, 5.41) is 39.5. The van der Waals surface area contributed by atoms with Crippen LogP contribution in [0.5, 0.6) is 11.5 Å². The molecule has 0 heterocycles. The molecule has 0 saturated carbocycles. The largest absolute Gasteiger partial charge is 0.507 e. The molecule has 2 rings (SSSR count). The Bertz CT molecular complexity index is 1040. The fraction of sp³-hybridized carbons (Fsp3) is 0. The van der Waals surface area contributed by atoms with Crippen molar-refractivity contribution in [2.45, 2.75) is 4.90 Å². The molecule has 0 fully saturated rings. The van der Waals surface area contributed by atoms with Gasteiger partial charge in [0.1, 0.15) is 16.4 Å². The minimum Gasteiger partial charge on any atom is -0.507 e. The minimum absolute atomic E-state index is 0.241. The van der Waals surface area contributed by atoms with E-state index in [9.17, 15) is 33.0 Å². The van der Waals surface area contributed by atoms with Gasteiger partial charge in [0.05, 0.1) is 16.7 Å². The maximum atomic E-state index is 12.2. The summed E-state index contributed by atoms with van der Waals surface area (Å²) in [5.41, 5.74) is -1.72. The van der Waals surface area contributed by atoms with Crippen molar-refractivity contribution >= 4 is 33.7 Å². The number of phenolic OH excluding ortho intramolecular Hbond substituents is 2. The molecular formula is C15H11NO10S. The van der Waals surface area contributed by atoms with Gasteiger partial charge >= 0.3 is 11.9 Å². The lowest BCUT2D eigenvalue weighted by molar-refractivity contribution is 0.0696. The topological polar surface area (TPSA) is 199 Å². The monoisotopic (exact) mass is 397 g/mol. The predicted molar refractivity (Wildman–Crippen MR) is 87.9 cm³/mol. The van der Waals surface area contributed by atoms with Gasteiger partial charge in [-0.3, -0.25) is 9.35 Å². The summed E-state index contributed by atoms with van der Waals surface area (Å²) in [6.45, 7) is 0. The number of carbonyl (C=O) groups excluding carboxylic acids is 1. The van der Waals surface area contributed by atoms with Crippen LogP contribution in [0.15, 0.2) is 35.2 Å². The first-order valence-corrected chi connectivity index (χ1v) is 8.30. The zero-order chi connectivity index (χ0) is 20.5. The van der Waals surface area contributed by atoms with Crippen molar-refractivity contribution in [3.63, 3.8) is 0 Å². The number of carbonyl (C=O) groups is 3. The Morgan fingerprint density at radius 1 is 0.815 bits per heavy atom. The highest BCUT2D eigenvalue weighted by Gasteiger charge is 2.22. The summed E-state index contributed by atoms with van der Waals surface area (Å²) in [6.07, 6.45) is 0. The summed E-state index contributed by atoms with van der Waals surface area (Å²) in [4.78, 5) is 33.3. The number of hydrogen-bond donors (Lipinski definition) is 6. The van der Waals surface area contributed by atoms with Crippen LogP contribution in [0.1, 0.15) is 31.1 Å². The number of phenols is 2. The highest BCUT2D eigenvalue weighted by atomic mass is 32.2. The molecule has 12 heteroatoms. The number of aromatic carboxylic acids is 2. The van der Waals surface area contributed by atoms with E-state index in [1.54, 1.807) is 0 Å². The molecule has 0 aliphatic carbocycles. The number of nitrogens with one attached hydrogen (secondary N) is 1. The fourth-order valence-electron chi connectivity index (χ4n) is 2.09. The van der Waals surface area contributed by atoms with Gasteiger partial charge in [0.15, 0.2) is 0 Å². The molecule has 2 aromatic rings. The number of carboxylic acids is 2. The third kappa shape index (κ3) is 4.31. The lowest BCUT2D eigenvalue weighted by Crippen LogP contribution is -2.14. The fourth-order valence-corrected chi connectivity index (χ4v) is 2.68. The van der Waals surface area contributed by atoms with Crippen LogP contribution in [0.4, 0.5) is 5.69 Å². The Labute approximate surface area is 150 Å². The number of carboxylic acid groups (broad SMARTS) is 2. The van der Waals surface area contributed by atoms with E-state index in [1.807, 2.05) is 0 Å². The molecule has 142 valence electrons. The van der Waals surface area contributed by atoms with Crippen LogP contribution in [0.25, 0.3) is 0 Å². The first kappa shape index (κ1) is 19.7. The van der Waals surface area contributed by atoms with E-state index in [2.05, 4.69) is 5.32 Å². The Morgan fingerprint density at radius 3 is 1.78 bits per heavy atom. The Balaban J connectivity index is 2.45. The average molecular weight is 397 g/mol. The van der Waals surface area contributed by atoms with Crippen molar-refractivity contribution in [2.24, 2.45) is 0 Å². The molecule has 0 atom stereocenters. The van der Waals surface area contributed by atoms with E-state index >= 15 is 0 Å². The first-order valence-electron chi connectivity index (χ1n) is 6.86. The molecule has 0 aliphatic rings. The van der Waals surface area contributed by atoms with E-state index in [0.29, 0.717) is 12.1 Å². The van der Waals surface area contributed by atoms with Crippen LogP contribution >= 0.6 is 0 Å². The second kappa shape index (κ2) is 6.93. The molecule has 0 bridgehead atoms. The molecule has 27 heavy (non-hydrogen) atoms. The molecule has 0 unspecified atom stereocenters. The molecule has 0 aliphatic heterocycles. The average Bonchev–Trinajstić information content (AvgIpc) is 2.55. The van der Waals surface area contributed by atoms with Gasteiger partial charge < -0.3 is 25.7 Å². The summed E-state index contributed by atoms with van der Waals surface area (Å²) in [5.74, 6) is -5.95. The Kier molecular flexibility index (Phi) is 5.05. The van der Waals surface area contributed by atoms with Gasteiger partial charge in [-0.25, -0.2) is 9.59 Å². The zero-order valence-electron chi connectivity index (χ0n) is 13.1. The van der Waals surface area contributed by atoms with E-state index in [1.165, 1.54) is 0 Å². The normalized spacial score (nSPS) is 11.0. The minimum atomic E-state index is -4.86. The third-order valence-corrected chi connectivity index (χ3v) is 4.17. The second-order valence-electron chi connectivity index (χ2n) is 5.18. The van der Waals surface area contributed by atoms with E-state index in [0.717, 1.165) is 18.2 Å². The Hall–Kier alpha value is -3.64. The van der Waals surface area contributed by atoms with Gasteiger partial charge in [-0.1, -0.05) is 0 Å². The number of anilines is 1. The number of hydrogen-bond acceptors (Lipinski definition) is 7. The van der Waals surface area contributed by atoms with Crippen molar-refractivity contribution in [1.29, 1.82) is 0 Å². The van der Waals surface area contributed by atoms with Crippen LogP contribution in [0.3, 0.4) is 0 Å². The second-order valence-corrected chi connectivity index (χ2v) is 6.57. The molecule has 0 saturated heterocycles. The van der Waals surface area contributed by atoms with Crippen molar-refractivity contribution < 1.29 is 47.8 Å². The summed E-state index contributed by atoms with van der Waals surface area (Å²) >= 11 is 0. The van der Waals surface area contributed by atoms with Gasteiger partial charge in [0.25, 0.3) is 16.0 Å². The summed E-state index contributed by atoms with van der Waals surface area (Å²) in [6, 6.07) is 3.78. The molecule has 6 N–H and O–H groups in total. The third-order valence-electron chi connectivity index (χ3n) is 3.28. The lowest BCUT2D eigenvalue weighted by Gasteiger charge is -2.10. The van der Waals surface area contributed by atoms with Gasteiger partial charge in [-0.05, 0) is 24.3 Å². The zero-order valence-corrected chi connectivity index (χ0v) is 13.9. The Morgan fingerprint density at radius 2 is 1.33 bits per heavy atom. The predicted octanol–water partition coefficient (Wildman–Crippen LogP) is 0.993. The lowest BCUT2D eigenvalue weighted by atomic mass is 10.1. The highest BCUT2D eigenvalue weighted by Crippen LogP contribution is 2.31. The first-order chi connectivity index (χ1) is 12.4. The summed E-state index contributed by atoms with van der Waals surface area (Å²) < 4.78 is 31.0. The number of benzene rings is 2. The van der Waals surface area contributed by atoms with Gasteiger partial charge in [0, 0.05) is 11.8 Å². The molecule has 11 nitrogen and oxygen atoms in total. The molecular weight excluding hydrogens is 386 g/mol. The van der Waals surface area contributed by atoms with Gasteiger partial charge in [-0.2, -0.15) is 8.42 Å². The maximum absolute atomic E-state index is 12.2. The van der Waals surface area contributed by atoms with Crippen molar-refractivity contribution in [3.05, 3.63) is 47.0 Å². The van der Waals surface area contributed by atoms with E-state index in [4.69, 9.17) is 14.8 Å². The molecule has 2 aromatic carbocycles. The smallest absolute Gasteiger partial charge is 0.335 e. The van der Waals surface area contributed by atoms with Crippen LogP contribution in [-0.4, -0.2) is 51.2 Å². The molecule has 0 radical (unpaired) electrons. The number of aromatic hydroxyl groups is 2. The molecule has 0 aromatic heterocycles. The standard InChI is InChI=1S/C15H11NO10S/c17-10-5-12(27(24,25)26)11(18)4-9(10)13(19)16-8-2-6(14(20)21)1-7(3-8)15(22)23/h1-5,17-18H,(H,16,19)(H,20,21)(H,22,23)(H,24,25,26). The van der Waals surface area contributed by atoms with Crippen LogP contribution in [-0.2, 0) is 10.1 Å². The number of amides is 1. The quantitative estimate of drug-likeness (QED) is 0.312. The van der Waals surface area contributed by atoms with Crippen molar-refractivity contribution in [1.82, 2.24) is 0 Å². The van der Waals surface area contributed by atoms with E-state index in [-0.39, 0.29) is 5.69 Å². The molecule has 1 amide bonds. The van der Waals surface area contributed by atoms with Crippen molar-refractivity contribution in [3.8, 4) is 11.5 Å². The van der Waals surface area contributed by atoms with Crippen molar-refractivity contribution in [2.75, 3.05) is 5.32 Å². The van der Waals surface area contributed by atoms with Crippen LogP contribution in [0.2, 0.25) is 0 Å². The molecule has 0 spiro atoms. The van der Waals surface area contributed by atoms with Crippen LogP contribution in [0, 0.1) is 0 Å². The van der Waals surface area contributed by atoms with Gasteiger partial charge in [0.2, 0.25) is 0 Å². The van der Waals surface area contributed by atoms with Gasteiger partial charge in [-0.15, -0.1) is 0 Å².